The van der Waals surface area contributed by atoms with Gasteiger partial charge in [-0.25, -0.2) is 0 Å². The van der Waals surface area contributed by atoms with Crippen LogP contribution in [0.4, 0.5) is 0 Å². The first-order valence-electron chi connectivity index (χ1n) is 6.71. The summed E-state index contributed by atoms with van der Waals surface area (Å²) >= 11 is 3.43. The standard InChI is InChI=1S/C16H13BrN2O2/c17-10-4-1-3-9(7-10)14-11(8-18)16(19)21-13-6-2-5-12(20)15(13)14/h1,3-4,7,14H,2,5-6,19H2. The number of hydrogen-bond donors (Lipinski definition) is 1. The number of ether oxygens (including phenoxy) is 1. The molecular formula is C16H13BrN2O2. The van der Waals surface area contributed by atoms with Crippen LogP contribution in [0.5, 0.6) is 0 Å². The molecule has 5 heteroatoms. The molecule has 0 spiro atoms. The second kappa shape index (κ2) is 5.38. The smallest absolute Gasteiger partial charge is 0.205 e. The molecule has 1 aromatic carbocycles. The maximum Gasteiger partial charge on any atom is 0.205 e. The van der Waals surface area contributed by atoms with Crippen molar-refractivity contribution >= 4 is 21.7 Å². The highest BCUT2D eigenvalue weighted by Gasteiger charge is 2.37. The van der Waals surface area contributed by atoms with Gasteiger partial charge in [-0.1, -0.05) is 28.1 Å². The van der Waals surface area contributed by atoms with Crippen LogP contribution < -0.4 is 5.73 Å². The zero-order valence-electron chi connectivity index (χ0n) is 11.2. The van der Waals surface area contributed by atoms with Gasteiger partial charge in [0.15, 0.2) is 5.78 Å². The molecule has 1 unspecified atom stereocenters. The predicted molar refractivity (Wildman–Crippen MR) is 80.7 cm³/mol. The Morgan fingerprint density at radius 2 is 2.19 bits per heavy atom. The molecule has 0 saturated carbocycles. The number of carbonyl (C=O) groups is 1. The number of Topliss-reactive ketones (excluding diaryl/α,β-unsaturated/α-hetero) is 1. The molecule has 0 fully saturated rings. The lowest BCUT2D eigenvalue weighted by molar-refractivity contribution is -0.116. The summed E-state index contributed by atoms with van der Waals surface area (Å²) in [7, 11) is 0. The van der Waals surface area contributed by atoms with Gasteiger partial charge in [0.2, 0.25) is 5.88 Å². The minimum Gasteiger partial charge on any atom is -0.444 e. The topological polar surface area (TPSA) is 76.1 Å². The number of benzene rings is 1. The average Bonchev–Trinajstić information content (AvgIpc) is 2.46. The van der Waals surface area contributed by atoms with E-state index in [1.165, 1.54) is 0 Å². The van der Waals surface area contributed by atoms with E-state index in [0.717, 1.165) is 16.5 Å². The lowest BCUT2D eigenvalue weighted by Gasteiger charge is -2.31. The van der Waals surface area contributed by atoms with Crippen molar-refractivity contribution in [1.29, 1.82) is 5.26 Å². The van der Waals surface area contributed by atoms with Gasteiger partial charge < -0.3 is 10.5 Å². The molecule has 0 radical (unpaired) electrons. The largest absolute Gasteiger partial charge is 0.444 e. The number of carbonyl (C=O) groups excluding carboxylic acids is 1. The lowest BCUT2D eigenvalue weighted by atomic mass is 9.78. The van der Waals surface area contributed by atoms with Crippen molar-refractivity contribution in [3.8, 4) is 6.07 Å². The number of ketones is 1. The first-order valence-corrected chi connectivity index (χ1v) is 7.50. The van der Waals surface area contributed by atoms with Crippen LogP contribution in [-0.4, -0.2) is 5.78 Å². The van der Waals surface area contributed by atoms with E-state index in [-0.39, 0.29) is 11.7 Å². The van der Waals surface area contributed by atoms with Gasteiger partial charge in [0.05, 0.1) is 5.92 Å². The summed E-state index contributed by atoms with van der Waals surface area (Å²) in [6.45, 7) is 0. The Morgan fingerprint density at radius 3 is 2.90 bits per heavy atom. The molecular weight excluding hydrogens is 332 g/mol. The summed E-state index contributed by atoms with van der Waals surface area (Å²) < 4.78 is 6.42. The third kappa shape index (κ3) is 2.36. The van der Waals surface area contributed by atoms with Crippen LogP contribution in [0.15, 0.2) is 51.5 Å². The maximum atomic E-state index is 12.3. The number of nitriles is 1. The van der Waals surface area contributed by atoms with Crippen molar-refractivity contribution in [2.45, 2.75) is 25.2 Å². The molecule has 1 aromatic rings. The number of rotatable bonds is 1. The molecule has 2 N–H and O–H groups in total. The number of halogens is 1. The third-order valence-electron chi connectivity index (χ3n) is 3.79. The fourth-order valence-electron chi connectivity index (χ4n) is 2.88. The van der Waals surface area contributed by atoms with Crippen LogP contribution in [0.25, 0.3) is 0 Å². The van der Waals surface area contributed by atoms with Gasteiger partial charge in [0.25, 0.3) is 0 Å². The molecule has 0 amide bonds. The Balaban J connectivity index is 2.20. The van der Waals surface area contributed by atoms with Crippen LogP contribution >= 0.6 is 15.9 Å². The maximum absolute atomic E-state index is 12.3. The minimum atomic E-state index is -0.427. The van der Waals surface area contributed by atoms with Crippen molar-refractivity contribution in [3.63, 3.8) is 0 Å². The average molecular weight is 345 g/mol. The van der Waals surface area contributed by atoms with Crippen molar-refractivity contribution in [2.75, 3.05) is 0 Å². The zero-order valence-corrected chi connectivity index (χ0v) is 12.8. The minimum absolute atomic E-state index is 0.0430. The molecule has 0 bridgehead atoms. The lowest BCUT2D eigenvalue weighted by Crippen LogP contribution is -2.27. The summed E-state index contributed by atoms with van der Waals surface area (Å²) in [4.78, 5) is 12.3. The van der Waals surface area contributed by atoms with Crippen molar-refractivity contribution in [2.24, 2.45) is 5.73 Å². The summed E-state index contributed by atoms with van der Waals surface area (Å²) in [6, 6.07) is 9.70. The van der Waals surface area contributed by atoms with E-state index in [4.69, 9.17) is 10.5 Å². The van der Waals surface area contributed by atoms with Gasteiger partial charge in [-0.3, -0.25) is 4.79 Å². The highest BCUT2D eigenvalue weighted by molar-refractivity contribution is 9.10. The summed E-state index contributed by atoms with van der Waals surface area (Å²) in [5.41, 5.74) is 7.65. The van der Waals surface area contributed by atoms with Crippen LogP contribution in [-0.2, 0) is 9.53 Å². The van der Waals surface area contributed by atoms with Gasteiger partial charge in [-0.2, -0.15) is 5.26 Å². The van der Waals surface area contributed by atoms with Gasteiger partial charge in [-0.15, -0.1) is 0 Å². The Hall–Kier alpha value is -2.06. The van der Waals surface area contributed by atoms with Crippen molar-refractivity contribution < 1.29 is 9.53 Å². The van der Waals surface area contributed by atoms with Gasteiger partial charge in [0.1, 0.15) is 17.4 Å². The molecule has 1 aliphatic heterocycles. The molecule has 106 valence electrons. The second-order valence-electron chi connectivity index (χ2n) is 5.09. The van der Waals surface area contributed by atoms with Crippen LogP contribution in [0.3, 0.4) is 0 Å². The van der Waals surface area contributed by atoms with Gasteiger partial charge >= 0.3 is 0 Å². The first-order chi connectivity index (χ1) is 10.1. The quantitative estimate of drug-likeness (QED) is 0.848. The van der Waals surface area contributed by atoms with E-state index in [0.29, 0.717) is 29.7 Å². The van der Waals surface area contributed by atoms with Crippen molar-refractivity contribution in [3.05, 3.63) is 57.1 Å². The predicted octanol–water partition coefficient (Wildman–Crippen LogP) is 3.26. The Morgan fingerprint density at radius 1 is 1.38 bits per heavy atom. The van der Waals surface area contributed by atoms with Crippen molar-refractivity contribution in [1.82, 2.24) is 0 Å². The Labute approximate surface area is 131 Å². The molecule has 3 rings (SSSR count). The van der Waals surface area contributed by atoms with E-state index in [1.54, 1.807) is 0 Å². The molecule has 1 aliphatic carbocycles. The molecule has 1 heterocycles. The highest BCUT2D eigenvalue weighted by atomic mass is 79.9. The van der Waals surface area contributed by atoms with Crippen LogP contribution in [0.2, 0.25) is 0 Å². The summed E-state index contributed by atoms with van der Waals surface area (Å²) in [6.07, 6.45) is 1.94. The third-order valence-corrected chi connectivity index (χ3v) is 4.28. The van der Waals surface area contributed by atoms with Crippen LogP contribution in [0, 0.1) is 11.3 Å². The normalized spacial score (nSPS) is 21.7. The number of hydrogen-bond acceptors (Lipinski definition) is 4. The SMILES string of the molecule is N#CC1=C(N)OC2=C(C(=O)CCC2)C1c1cccc(Br)c1. The van der Waals surface area contributed by atoms with E-state index in [1.807, 2.05) is 24.3 Å². The van der Waals surface area contributed by atoms with E-state index in [9.17, 15) is 10.1 Å². The monoisotopic (exact) mass is 344 g/mol. The van der Waals surface area contributed by atoms with Crippen LogP contribution in [0.1, 0.15) is 30.7 Å². The molecule has 2 aliphatic rings. The summed E-state index contributed by atoms with van der Waals surface area (Å²) in [5, 5.41) is 9.43. The molecule has 4 nitrogen and oxygen atoms in total. The second-order valence-corrected chi connectivity index (χ2v) is 6.01. The fourth-order valence-corrected chi connectivity index (χ4v) is 3.29. The number of nitrogens with zero attached hydrogens (tertiary/aromatic N) is 1. The molecule has 0 saturated heterocycles. The van der Waals surface area contributed by atoms with Gasteiger partial charge in [0, 0.05) is 22.9 Å². The summed E-state index contributed by atoms with van der Waals surface area (Å²) in [5.74, 6) is 0.342. The van der Waals surface area contributed by atoms with E-state index in [2.05, 4.69) is 22.0 Å². The molecule has 1 atom stereocenters. The first kappa shape index (κ1) is 13.9. The fraction of sp³-hybridized carbons (Fsp3) is 0.250. The zero-order chi connectivity index (χ0) is 15.0. The van der Waals surface area contributed by atoms with Gasteiger partial charge in [-0.05, 0) is 24.1 Å². The Kier molecular flexibility index (Phi) is 3.56. The Bertz CT molecular complexity index is 728. The number of nitrogens with two attached hydrogens (primary N) is 1. The van der Waals surface area contributed by atoms with E-state index >= 15 is 0 Å². The molecule has 0 aromatic heterocycles. The highest BCUT2D eigenvalue weighted by Crippen LogP contribution is 2.43. The number of allylic oxidation sites excluding steroid dienone is 3. The molecule has 21 heavy (non-hydrogen) atoms. The van der Waals surface area contributed by atoms with E-state index < -0.39 is 5.92 Å².